The maximum absolute atomic E-state index is 11.6. The second kappa shape index (κ2) is 7.07. The molecule has 0 aromatic heterocycles. The minimum Gasteiger partial charge on any atom is -0.345 e. The zero-order chi connectivity index (χ0) is 11.1. The van der Waals surface area contributed by atoms with E-state index in [1.54, 1.807) is 4.90 Å². The van der Waals surface area contributed by atoms with Gasteiger partial charge < -0.3 is 9.80 Å². The molecule has 0 heterocycles. The van der Waals surface area contributed by atoms with Crippen molar-refractivity contribution in [3.8, 4) is 0 Å². The molecule has 3 nitrogen and oxygen atoms in total. The van der Waals surface area contributed by atoms with Crippen molar-refractivity contribution in [1.29, 1.82) is 0 Å². The lowest BCUT2D eigenvalue weighted by Crippen LogP contribution is -2.34. The number of amides is 1. The zero-order valence-electron chi connectivity index (χ0n) is 9.59. The van der Waals surface area contributed by atoms with E-state index in [1.165, 1.54) is 0 Å². The van der Waals surface area contributed by atoms with E-state index >= 15 is 0 Å². The Bertz CT molecular complexity index is 174. The van der Waals surface area contributed by atoms with Gasteiger partial charge >= 0.3 is 0 Å². The lowest BCUT2D eigenvalue weighted by Gasteiger charge is -2.21. The molecule has 0 aliphatic heterocycles. The van der Waals surface area contributed by atoms with Crippen LogP contribution in [0.15, 0.2) is 0 Å². The van der Waals surface area contributed by atoms with E-state index in [0.717, 1.165) is 19.5 Å². The molecule has 0 saturated carbocycles. The molecule has 4 heteroatoms. The van der Waals surface area contributed by atoms with Gasteiger partial charge in [0.05, 0.1) is 0 Å². The van der Waals surface area contributed by atoms with Gasteiger partial charge in [-0.3, -0.25) is 4.79 Å². The molecule has 0 spiro atoms. The minimum absolute atomic E-state index is 0.0685. The highest BCUT2D eigenvalue weighted by molar-refractivity contribution is 6.19. The van der Waals surface area contributed by atoms with Crippen molar-refractivity contribution in [2.45, 2.75) is 13.3 Å². The van der Waals surface area contributed by atoms with Gasteiger partial charge in [0.25, 0.3) is 0 Å². The molecule has 1 amide bonds. The highest BCUT2D eigenvalue weighted by Crippen LogP contribution is 2.03. The fourth-order valence-electron chi connectivity index (χ4n) is 1.18. The fraction of sp³-hybridized carbons (Fsp3) is 0.900. The summed E-state index contributed by atoms with van der Waals surface area (Å²) in [7, 11) is 5.90. The van der Waals surface area contributed by atoms with Gasteiger partial charge in [-0.25, -0.2) is 0 Å². The van der Waals surface area contributed by atoms with E-state index in [9.17, 15) is 4.79 Å². The van der Waals surface area contributed by atoms with Crippen LogP contribution in [0.2, 0.25) is 0 Å². The van der Waals surface area contributed by atoms with Crippen molar-refractivity contribution in [3.05, 3.63) is 0 Å². The van der Waals surface area contributed by atoms with Crippen LogP contribution in [0.5, 0.6) is 0 Å². The number of hydrogen-bond donors (Lipinski definition) is 0. The predicted octanol–water partition coefficient (Wildman–Crippen LogP) is 1.27. The molecule has 0 radical (unpaired) electrons. The lowest BCUT2D eigenvalue weighted by molar-refractivity contribution is -0.133. The molecule has 0 aromatic rings. The maximum Gasteiger partial charge on any atom is 0.226 e. The molecule has 0 aliphatic carbocycles. The summed E-state index contributed by atoms with van der Waals surface area (Å²) in [6.45, 7) is 3.67. The van der Waals surface area contributed by atoms with Gasteiger partial charge in [-0.05, 0) is 27.1 Å². The Hall–Kier alpha value is -0.280. The Morgan fingerprint density at radius 3 is 2.29 bits per heavy atom. The quantitative estimate of drug-likeness (QED) is 0.630. The first-order valence-electron chi connectivity index (χ1n) is 4.94. The summed E-state index contributed by atoms with van der Waals surface area (Å²) in [6, 6.07) is 0. The second-order valence-electron chi connectivity index (χ2n) is 3.97. The monoisotopic (exact) mass is 220 g/mol. The Kier molecular flexibility index (Phi) is 6.93. The molecular weight excluding hydrogens is 200 g/mol. The number of carbonyl (C=O) groups excluding carboxylic acids is 1. The first kappa shape index (κ1) is 13.7. The Morgan fingerprint density at radius 1 is 1.29 bits per heavy atom. The van der Waals surface area contributed by atoms with Crippen LogP contribution >= 0.6 is 11.6 Å². The van der Waals surface area contributed by atoms with Crippen molar-refractivity contribution in [2.24, 2.45) is 5.92 Å². The number of alkyl halides is 1. The third-order valence-electron chi connectivity index (χ3n) is 2.13. The summed E-state index contributed by atoms with van der Waals surface area (Å²) >= 11 is 5.62. The first-order chi connectivity index (χ1) is 6.49. The number of rotatable bonds is 6. The van der Waals surface area contributed by atoms with E-state index in [0.29, 0.717) is 5.88 Å². The third-order valence-corrected chi connectivity index (χ3v) is 2.59. The van der Waals surface area contributed by atoms with Gasteiger partial charge in [0, 0.05) is 25.4 Å². The van der Waals surface area contributed by atoms with Gasteiger partial charge in [0.15, 0.2) is 0 Å². The largest absolute Gasteiger partial charge is 0.345 e. The summed E-state index contributed by atoms with van der Waals surface area (Å²) in [5, 5.41) is 0. The van der Waals surface area contributed by atoms with Crippen LogP contribution in [0.4, 0.5) is 0 Å². The predicted molar refractivity (Wildman–Crippen MR) is 60.7 cm³/mol. The van der Waals surface area contributed by atoms with E-state index in [4.69, 9.17) is 11.6 Å². The van der Waals surface area contributed by atoms with Crippen LogP contribution in [0.25, 0.3) is 0 Å². The Labute approximate surface area is 92.0 Å². The molecule has 1 unspecified atom stereocenters. The SMILES string of the molecule is CC(CCl)C(=O)N(C)CCCN(C)C. The van der Waals surface area contributed by atoms with Crippen molar-refractivity contribution in [3.63, 3.8) is 0 Å². The molecule has 0 N–H and O–H groups in total. The van der Waals surface area contributed by atoms with E-state index in [1.807, 2.05) is 28.1 Å². The fourth-order valence-corrected chi connectivity index (χ4v) is 1.31. The van der Waals surface area contributed by atoms with Gasteiger partial charge in [0.2, 0.25) is 5.91 Å². The number of halogens is 1. The van der Waals surface area contributed by atoms with E-state index < -0.39 is 0 Å². The minimum atomic E-state index is -0.0685. The Balaban J connectivity index is 3.73. The average Bonchev–Trinajstić information content (AvgIpc) is 2.14. The zero-order valence-corrected chi connectivity index (χ0v) is 10.3. The van der Waals surface area contributed by atoms with Crippen LogP contribution in [0.3, 0.4) is 0 Å². The van der Waals surface area contributed by atoms with Crippen molar-refractivity contribution >= 4 is 17.5 Å². The highest BCUT2D eigenvalue weighted by atomic mass is 35.5. The summed E-state index contributed by atoms with van der Waals surface area (Å²) in [5.41, 5.74) is 0. The van der Waals surface area contributed by atoms with Gasteiger partial charge in [-0.2, -0.15) is 0 Å². The van der Waals surface area contributed by atoms with Crippen molar-refractivity contribution < 1.29 is 4.79 Å². The molecule has 0 rings (SSSR count). The molecule has 0 aliphatic rings. The number of hydrogen-bond acceptors (Lipinski definition) is 2. The molecule has 84 valence electrons. The molecule has 0 saturated heterocycles. The van der Waals surface area contributed by atoms with Gasteiger partial charge in [-0.1, -0.05) is 6.92 Å². The van der Waals surface area contributed by atoms with Crippen LogP contribution < -0.4 is 0 Å². The van der Waals surface area contributed by atoms with Crippen molar-refractivity contribution in [2.75, 3.05) is 40.1 Å². The molecule has 0 aromatic carbocycles. The van der Waals surface area contributed by atoms with Gasteiger partial charge in [-0.15, -0.1) is 11.6 Å². The topological polar surface area (TPSA) is 23.6 Å². The summed E-state index contributed by atoms with van der Waals surface area (Å²) in [5.74, 6) is 0.469. The molecule has 0 bridgehead atoms. The Morgan fingerprint density at radius 2 is 1.86 bits per heavy atom. The van der Waals surface area contributed by atoms with Crippen LogP contribution in [0.1, 0.15) is 13.3 Å². The normalized spacial score (nSPS) is 13.0. The maximum atomic E-state index is 11.6. The second-order valence-corrected chi connectivity index (χ2v) is 4.28. The highest BCUT2D eigenvalue weighted by Gasteiger charge is 2.15. The first-order valence-corrected chi connectivity index (χ1v) is 5.48. The molecule has 14 heavy (non-hydrogen) atoms. The van der Waals surface area contributed by atoms with Crippen LogP contribution in [0, 0.1) is 5.92 Å². The molecule has 1 atom stereocenters. The third kappa shape index (κ3) is 5.45. The number of nitrogens with zero attached hydrogens (tertiary/aromatic N) is 2. The average molecular weight is 221 g/mol. The van der Waals surface area contributed by atoms with E-state index in [2.05, 4.69) is 4.90 Å². The summed E-state index contributed by atoms with van der Waals surface area (Å²) in [6.07, 6.45) is 1.00. The summed E-state index contributed by atoms with van der Waals surface area (Å²) < 4.78 is 0. The lowest BCUT2D eigenvalue weighted by atomic mass is 10.2. The summed E-state index contributed by atoms with van der Waals surface area (Å²) in [4.78, 5) is 15.5. The van der Waals surface area contributed by atoms with Crippen molar-refractivity contribution in [1.82, 2.24) is 9.80 Å². The molecular formula is C10H21ClN2O. The van der Waals surface area contributed by atoms with Gasteiger partial charge in [0.1, 0.15) is 0 Å². The van der Waals surface area contributed by atoms with Crippen LogP contribution in [-0.4, -0.2) is 55.8 Å². The van der Waals surface area contributed by atoms with Crippen LogP contribution in [-0.2, 0) is 4.79 Å². The van der Waals surface area contributed by atoms with E-state index in [-0.39, 0.29) is 11.8 Å². The molecule has 0 fully saturated rings. The smallest absolute Gasteiger partial charge is 0.226 e. The standard InChI is InChI=1S/C10H21ClN2O/c1-9(8-11)10(14)13(4)7-5-6-12(2)3/h9H,5-8H2,1-4H3. The number of carbonyl (C=O) groups is 1.